The largest absolute Gasteiger partial charge is 0.399 e. The molecule has 2 N–H and O–H groups in total. The topological polar surface area (TPSA) is 29.3 Å². The van der Waals surface area contributed by atoms with Crippen LogP contribution in [0.15, 0.2) is 18.2 Å². The summed E-state index contributed by atoms with van der Waals surface area (Å²) >= 11 is 0. The summed E-state index contributed by atoms with van der Waals surface area (Å²) in [5.74, 6) is 0. The third-order valence-corrected chi connectivity index (χ3v) is 3.46. The maximum Gasteiger partial charge on any atom is 0.0421 e. The molecule has 0 bridgehead atoms. The molecule has 2 atom stereocenters. The van der Waals surface area contributed by atoms with Gasteiger partial charge in [0, 0.05) is 23.5 Å². The molecule has 0 saturated carbocycles. The van der Waals surface area contributed by atoms with Crippen molar-refractivity contribution in [2.45, 2.75) is 45.7 Å². The molecule has 1 aliphatic rings. The summed E-state index contributed by atoms with van der Waals surface area (Å²) in [6, 6.07) is 7.47. The minimum atomic E-state index is 0.639. The Bertz CT molecular complexity index is 350. The highest BCUT2D eigenvalue weighted by Gasteiger charge is 2.28. The Morgan fingerprint density at radius 1 is 1.20 bits per heavy atom. The van der Waals surface area contributed by atoms with E-state index >= 15 is 0 Å². The number of nitrogen functional groups attached to an aromatic ring is 1. The molecule has 2 rings (SSSR count). The predicted molar refractivity (Wildman–Crippen MR) is 66.2 cm³/mol. The Morgan fingerprint density at radius 2 is 1.80 bits per heavy atom. The van der Waals surface area contributed by atoms with Gasteiger partial charge in [-0.05, 0) is 51.3 Å². The molecule has 1 heterocycles. The van der Waals surface area contributed by atoms with E-state index < -0.39 is 0 Å². The molecule has 82 valence electrons. The summed E-state index contributed by atoms with van der Waals surface area (Å²) in [6.45, 7) is 6.75. The summed E-state index contributed by atoms with van der Waals surface area (Å²) in [5, 5.41) is 0. The van der Waals surface area contributed by atoms with E-state index in [2.05, 4.69) is 37.8 Å². The molecule has 0 spiro atoms. The van der Waals surface area contributed by atoms with E-state index in [0.29, 0.717) is 12.1 Å². The van der Waals surface area contributed by atoms with Crippen molar-refractivity contribution < 1.29 is 0 Å². The van der Waals surface area contributed by atoms with Crippen LogP contribution in [0.25, 0.3) is 0 Å². The van der Waals surface area contributed by atoms with Gasteiger partial charge in [0.1, 0.15) is 0 Å². The first-order chi connectivity index (χ1) is 7.09. The minimum absolute atomic E-state index is 0.639. The molecule has 1 aromatic rings. The van der Waals surface area contributed by atoms with Crippen molar-refractivity contribution in [1.82, 2.24) is 0 Å². The zero-order valence-electron chi connectivity index (χ0n) is 9.83. The van der Waals surface area contributed by atoms with Crippen molar-refractivity contribution in [3.8, 4) is 0 Å². The molecule has 15 heavy (non-hydrogen) atoms. The van der Waals surface area contributed by atoms with E-state index in [1.54, 1.807) is 0 Å². The van der Waals surface area contributed by atoms with Crippen LogP contribution in [-0.4, -0.2) is 12.1 Å². The number of aryl methyl sites for hydroxylation is 1. The fraction of sp³-hybridized carbons (Fsp3) is 0.538. The molecule has 1 fully saturated rings. The van der Waals surface area contributed by atoms with E-state index in [1.165, 1.54) is 24.1 Å². The average molecular weight is 204 g/mol. The average Bonchev–Trinajstić information content (AvgIpc) is 2.51. The second kappa shape index (κ2) is 3.76. The zero-order chi connectivity index (χ0) is 11.0. The van der Waals surface area contributed by atoms with Gasteiger partial charge in [-0.3, -0.25) is 0 Å². The van der Waals surface area contributed by atoms with Gasteiger partial charge >= 0.3 is 0 Å². The zero-order valence-corrected chi connectivity index (χ0v) is 9.83. The molecule has 2 heteroatoms. The quantitative estimate of drug-likeness (QED) is 0.713. The fourth-order valence-corrected chi connectivity index (χ4v) is 2.57. The molecule has 0 amide bonds. The lowest BCUT2D eigenvalue weighted by atomic mass is 10.1. The van der Waals surface area contributed by atoms with Gasteiger partial charge in [-0.15, -0.1) is 0 Å². The number of benzene rings is 1. The number of rotatable bonds is 1. The number of anilines is 2. The number of nitrogens with zero attached hydrogens (tertiary/aromatic N) is 1. The summed E-state index contributed by atoms with van der Waals surface area (Å²) in [6.07, 6.45) is 2.57. The van der Waals surface area contributed by atoms with Crippen molar-refractivity contribution in [3.63, 3.8) is 0 Å². The molecular formula is C13H20N2. The van der Waals surface area contributed by atoms with E-state index in [-0.39, 0.29) is 0 Å². The summed E-state index contributed by atoms with van der Waals surface area (Å²) < 4.78 is 0. The van der Waals surface area contributed by atoms with Crippen LogP contribution in [0.3, 0.4) is 0 Å². The molecule has 0 aliphatic carbocycles. The Kier molecular flexibility index (Phi) is 2.59. The third kappa shape index (κ3) is 1.81. The molecule has 1 aliphatic heterocycles. The number of nitrogens with two attached hydrogens (primary N) is 1. The predicted octanol–water partition coefficient (Wildman–Crippen LogP) is 2.95. The van der Waals surface area contributed by atoms with Gasteiger partial charge in [-0.1, -0.05) is 6.07 Å². The highest BCUT2D eigenvalue weighted by Crippen LogP contribution is 2.33. The second-order valence-corrected chi connectivity index (χ2v) is 4.73. The van der Waals surface area contributed by atoms with Gasteiger partial charge in [0.15, 0.2) is 0 Å². The lowest BCUT2D eigenvalue weighted by Gasteiger charge is -2.30. The normalized spacial score (nSPS) is 25.9. The van der Waals surface area contributed by atoms with Crippen LogP contribution in [0.1, 0.15) is 32.3 Å². The van der Waals surface area contributed by atoms with Crippen LogP contribution < -0.4 is 10.6 Å². The van der Waals surface area contributed by atoms with Gasteiger partial charge < -0.3 is 10.6 Å². The van der Waals surface area contributed by atoms with E-state index in [0.717, 1.165) is 5.69 Å². The standard InChI is InChI=1S/C13H20N2/c1-9-4-7-12(14)8-13(9)15-10(2)5-6-11(15)3/h4,7-8,10-11H,5-6,14H2,1-3H3. The Balaban J connectivity index is 2.39. The summed E-state index contributed by atoms with van der Waals surface area (Å²) in [5.41, 5.74) is 9.36. The van der Waals surface area contributed by atoms with Gasteiger partial charge in [0.2, 0.25) is 0 Å². The van der Waals surface area contributed by atoms with Gasteiger partial charge in [0.25, 0.3) is 0 Å². The van der Waals surface area contributed by atoms with Crippen molar-refractivity contribution in [2.75, 3.05) is 10.6 Å². The number of hydrogen-bond donors (Lipinski definition) is 1. The SMILES string of the molecule is Cc1ccc(N)cc1N1C(C)CCC1C. The smallest absolute Gasteiger partial charge is 0.0421 e. The maximum absolute atomic E-state index is 5.86. The van der Waals surface area contributed by atoms with Crippen LogP contribution >= 0.6 is 0 Å². The minimum Gasteiger partial charge on any atom is -0.399 e. The first-order valence-electron chi connectivity index (χ1n) is 5.74. The molecule has 0 aromatic heterocycles. The Labute approximate surface area is 92.1 Å². The van der Waals surface area contributed by atoms with Crippen molar-refractivity contribution in [1.29, 1.82) is 0 Å². The number of hydrogen-bond acceptors (Lipinski definition) is 2. The van der Waals surface area contributed by atoms with Crippen molar-refractivity contribution >= 4 is 11.4 Å². The third-order valence-electron chi connectivity index (χ3n) is 3.46. The summed E-state index contributed by atoms with van der Waals surface area (Å²) in [7, 11) is 0. The first kappa shape index (κ1) is 10.3. The molecule has 2 unspecified atom stereocenters. The monoisotopic (exact) mass is 204 g/mol. The van der Waals surface area contributed by atoms with Crippen LogP contribution in [0.5, 0.6) is 0 Å². The summed E-state index contributed by atoms with van der Waals surface area (Å²) in [4.78, 5) is 2.51. The van der Waals surface area contributed by atoms with Crippen molar-refractivity contribution in [3.05, 3.63) is 23.8 Å². The molecule has 0 radical (unpaired) electrons. The van der Waals surface area contributed by atoms with Crippen LogP contribution in [0, 0.1) is 6.92 Å². The second-order valence-electron chi connectivity index (χ2n) is 4.73. The lowest BCUT2D eigenvalue weighted by Crippen LogP contribution is -2.33. The van der Waals surface area contributed by atoms with Crippen LogP contribution in [-0.2, 0) is 0 Å². The fourth-order valence-electron chi connectivity index (χ4n) is 2.57. The molecule has 1 aromatic carbocycles. The van der Waals surface area contributed by atoms with E-state index in [4.69, 9.17) is 5.73 Å². The van der Waals surface area contributed by atoms with Gasteiger partial charge in [-0.2, -0.15) is 0 Å². The van der Waals surface area contributed by atoms with Crippen LogP contribution in [0.4, 0.5) is 11.4 Å². The van der Waals surface area contributed by atoms with Gasteiger partial charge in [-0.25, -0.2) is 0 Å². The molecule has 1 saturated heterocycles. The maximum atomic E-state index is 5.86. The highest BCUT2D eigenvalue weighted by molar-refractivity contribution is 5.62. The van der Waals surface area contributed by atoms with Crippen LogP contribution in [0.2, 0.25) is 0 Å². The first-order valence-corrected chi connectivity index (χ1v) is 5.74. The highest BCUT2D eigenvalue weighted by atomic mass is 15.2. The lowest BCUT2D eigenvalue weighted by molar-refractivity contribution is 0.692. The van der Waals surface area contributed by atoms with Crippen molar-refractivity contribution in [2.24, 2.45) is 0 Å². The Hall–Kier alpha value is -1.18. The molecule has 2 nitrogen and oxygen atoms in total. The van der Waals surface area contributed by atoms with E-state index in [9.17, 15) is 0 Å². The van der Waals surface area contributed by atoms with E-state index in [1.807, 2.05) is 6.07 Å². The van der Waals surface area contributed by atoms with Gasteiger partial charge in [0.05, 0.1) is 0 Å². The molecular weight excluding hydrogens is 184 g/mol. The Morgan fingerprint density at radius 3 is 2.40 bits per heavy atom.